The van der Waals surface area contributed by atoms with Crippen LogP contribution in [-0.4, -0.2) is 45.3 Å². The number of unbranched alkanes of at least 4 members (excludes halogenated alkanes) is 1. The molecule has 0 aliphatic heterocycles. The minimum Gasteiger partial charge on any atom is -0.497 e. The molecular formula is C15H24O4. The molecule has 0 heterocycles. The lowest BCUT2D eigenvalue weighted by Crippen LogP contribution is -2.07. The molecule has 108 valence electrons. The van der Waals surface area contributed by atoms with Gasteiger partial charge in [0.1, 0.15) is 5.75 Å². The molecule has 0 aliphatic carbocycles. The summed E-state index contributed by atoms with van der Waals surface area (Å²) in [4.78, 5) is 0. The number of aryl methyl sites for hydroxylation is 1. The van der Waals surface area contributed by atoms with Gasteiger partial charge in [-0.25, -0.2) is 0 Å². The first-order valence-electron chi connectivity index (χ1n) is 6.76. The van der Waals surface area contributed by atoms with Gasteiger partial charge in [0.2, 0.25) is 0 Å². The van der Waals surface area contributed by atoms with Crippen molar-refractivity contribution in [3.63, 3.8) is 0 Å². The number of benzene rings is 1. The Kier molecular flexibility index (Phi) is 9.06. The summed E-state index contributed by atoms with van der Waals surface area (Å²) in [6.45, 7) is 2.38. The maximum atomic E-state index is 8.51. The zero-order valence-corrected chi connectivity index (χ0v) is 11.6. The van der Waals surface area contributed by atoms with E-state index in [9.17, 15) is 0 Å². The maximum Gasteiger partial charge on any atom is 0.118 e. The Labute approximate surface area is 115 Å². The molecule has 0 radical (unpaired) electrons. The third-order valence-electron chi connectivity index (χ3n) is 2.77. The van der Waals surface area contributed by atoms with Gasteiger partial charge in [0.05, 0.1) is 33.5 Å². The maximum absolute atomic E-state index is 8.51. The fourth-order valence-corrected chi connectivity index (χ4v) is 1.71. The molecule has 1 aromatic rings. The molecule has 0 amide bonds. The van der Waals surface area contributed by atoms with Gasteiger partial charge in [0.15, 0.2) is 0 Å². The monoisotopic (exact) mass is 268 g/mol. The van der Waals surface area contributed by atoms with Crippen LogP contribution in [0.15, 0.2) is 24.3 Å². The third-order valence-corrected chi connectivity index (χ3v) is 2.77. The fourth-order valence-electron chi connectivity index (χ4n) is 1.71. The molecule has 1 rings (SSSR count). The predicted molar refractivity (Wildman–Crippen MR) is 74.7 cm³/mol. The highest BCUT2D eigenvalue weighted by Crippen LogP contribution is 2.13. The highest BCUT2D eigenvalue weighted by atomic mass is 16.5. The van der Waals surface area contributed by atoms with Gasteiger partial charge in [-0.2, -0.15) is 0 Å². The van der Waals surface area contributed by atoms with E-state index >= 15 is 0 Å². The Hall–Kier alpha value is -1.10. The second-order valence-corrected chi connectivity index (χ2v) is 4.25. The quantitative estimate of drug-likeness (QED) is 0.624. The molecule has 1 aromatic carbocycles. The molecule has 4 heteroatoms. The first-order valence-corrected chi connectivity index (χ1v) is 6.76. The van der Waals surface area contributed by atoms with Gasteiger partial charge in [-0.3, -0.25) is 0 Å². The smallest absolute Gasteiger partial charge is 0.118 e. The molecule has 0 saturated carbocycles. The summed E-state index contributed by atoms with van der Waals surface area (Å²) in [5, 5.41) is 8.51. The van der Waals surface area contributed by atoms with Crippen LogP contribution in [0.3, 0.4) is 0 Å². The van der Waals surface area contributed by atoms with E-state index < -0.39 is 0 Å². The minimum absolute atomic E-state index is 0.0713. The molecular weight excluding hydrogens is 244 g/mol. The van der Waals surface area contributed by atoms with Crippen molar-refractivity contribution >= 4 is 0 Å². The summed E-state index contributed by atoms with van der Waals surface area (Å²) < 4.78 is 15.6. The van der Waals surface area contributed by atoms with Gasteiger partial charge in [-0.15, -0.1) is 0 Å². The van der Waals surface area contributed by atoms with Gasteiger partial charge in [0, 0.05) is 6.61 Å². The van der Waals surface area contributed by atoms with Crippen molar-refractivity contribution < 1.29 is 19.3 Å². The largest absolute Gasteiger partial charge is 0.497 e. The lowest BCUT2D eigenvalue weighted by molar-refractivity contribution is 0.0322. The summed E-state index contributed by atoms with van der Waals surface area (Å²) in [5.74, 6) is 0.898. The second-order valence-electron chi connectivity index (χ2n) is 4.25. The lowest BCUT2D eigenvalue weighted by atomic mass is 10.1. The number of aliphatic hydroxyl groups excluding tert-OH is 1. The molecule has 0 unspecified atom stereocenters. The highest BCUT2D eigenvalue weighted by Gasteiger charge is 1.95. The van der Waals surface area contributed by atoms with Crippen molar-refractivity contribution in [2.75, 3.05) is 40.1 Å². The Morgan fingerprint density at radius 1 is 0.895 bits per heavy atom. The van der Waals surface area contributed by atoms with Crippen LogP contribution >= 0.6 is 0 Å². The van der Waals surface area contributed by atoms with Gasteiger partial charge < -0.3 is 19.3 Å². The Balaban J connectivity index is 1.95. The normalized spacial score (nSPS) is 10.6. The van der Waals surface area contributed by atoms with Crippen LogP contribution in [0.4, 0.5) is 0 Å². The van der Waals surface area contributed by atoms with E-state index in [1.807, 2.05) is 12.1 Å². The second kappa shape index (κ2) is 10.8. The Morgan fingerprint density at radius 2 is 1.58 bits per heavy atom. The van der Waals surface area contributed by atoms with E-state index in [0.29, 0.717) is 19.8 Å². The summed E-state index contributed by atoms with van der Waals surface area (Å²) in [5.41, 5.74) is 1.33. The van der Waals surface area contributed by atoms with Gasteiger partial charge in [-0.05, 0) is 37.0 Å². The minimum atomic E-state index is 0.0713. The number of aliphatic hydroxyl groups is 1. The van der Waals surface area contributed by atoms with Crippen LogP contribution in [0, 0.1) is 0 Å². The SMILES string of the molecule is COc1ccc(CCCCOCCOCCO)cc1. The van der Waals surface area contributed by atoms with Crippen LogP contribution < -0.4 is 4.74 Å². The van der Waals surface area contributed by atoms with Crippen molar-refractivity contribution in [1.29, 1.82) is 0 Å². The van der Waals surface area contributed by atoms with Crippen LogP contribution in [0.2, 0.25) is 0 Å². The summed E-state index contributed by atoms with van der Waals surface area (Å²) in [6, 6.07) is 8.18. The highest BCUT2D eigenvalue weighted by molar-refractivity contribution is 5.27. The van der Waals surface area contributed by atoms with E-state index in [2.05, 4.69) is 12.1 Å². The number of hydrogen-bond acceptors (Lipinski definition) is 4. The van der Waals surface area contributed by atoms with Crippen molar-refractivity contribution in [1.82, 2.24) is 0 Å². The molecule has 0 fully saturated rings. The van der Waals surface area contributed by atoms with Crippen LogP contribution in [0.1, 0.15) is 18.4 Å². The average Bonchev–Trinajstić information content (AvgIpc) is 2.46. The molecule has 0 saturated heterocycles. The number of ether oxygens (including phenoxy) is 3. The standard InChI is InChI=1S/C15H24O4/c1-17-15-7-5-14(6-8-15)4-2-3-10-18-12-13-19-11-9-16/h5-8,16H,2-4,9-13H2,1H3. The number of methoxy groups -OCH3 is 1. The molecule has 0 atom stereocenters. The van der Waals surface area contributed by atoms with E-state index in [1.54, 1.807) is 7.11 Å². The first-order chi connectivity index (χ1) is 9.36. The molecule has 0 aliphatic rings. The predicted octanol–water partition coefficient (Wildman–Crippen LogP) is 2.04. The van der Waals surface area contributed by atoms with E-state index in [0.717, 1.165) is 31.6 Å². The van der Waals surface area contributed by atoms with Crippen LogP contribution in [0.5, 0.6) is 5.75 Å². The fraction of sp³-hybridized carbons (Fsp3) is 0.600. The van der Waals surface area contributed by atoms with Crippen LogP contribution in [-0.2, 0) is 15.9 Å². The summed E-state index contributed by atoms with van der Waals surface area (Å²) >= 11 is 0. The third kappa shape index (κ3) is 7.82. The van der Waals surface area contributed by atoms with Crippen molar-refractivity contribution in [2.24, 2.45) is 0 Å². The Bertz CT molecular complexity index is 310. The van der Waals surface area contributed by atoms with Gasteiger partial charge >= 0.3 is 0 Å². The van der Waals surface area contributed by atoms with E-state index in [4.69, 9.17) is 19.3 Å². The Morgan fingerprint density at radius 3 is 2.21 bits per heavy atom. The molecule has 19 heavy (non-hydrogen) atoms. The van der Waals surface area contributed by atoms with Crippen molar-refractivity contribution in [3.05, 3.63) is 29.8 Å². The first kappa shape index (κ1) is 16.0. The molecule has 0 aromatic heterocycles. The average molecular weight is 268 g/mol. The van der Waals surface area contributed by atoms with Crippen LogP contribution in [0.25, 0.3) is 0 Å². The number of hydrogen-bond donors (Lipinski definition) is 1. The lowest BCUT2D eigenvalue weighted by Gasteiger charge is -2.05. The molecule has 0 bridgehead atoms. The summed E-state index contributed by atoms with van der Waals surface area (Å²) in [7, 11) is 1.68. The van der Waals surface area contributed by atoms with E-state index in [-0.39, 0.29) is 6.61 Å². The topological polar surface area (TPSA) is 47.9 Å². The molecule has 4 nitrogen and oxygen atoms in total. The molecule has 1 N–H and O–H groups in total. The zero-order chi connectivity index (χ0) is 13.8. The molecule has 0 spiro atoms. The van der Waals surface area contributed by atoms with E-state index in [1.165, 1.54) is 5.56 Å². The van der Waals surface area contributed by atoms with Crippen molar-refractivity contribution in [2.45, 2.75) is 19.3 Å². The van der Waals surface area contributed by atoms with Gasteiger partial charge in [0.25, 0.3) is 0 Å². The van der Waals surface area contributed by atoms with Crippen molar-refractivity contribution in [3.8, 4) is 5.75 Å². The zero-order valence-electron chi connectivity index (χ0n) is 11.6. The number of rotatable bonds is 11. The van der Waals surface area contributed by atoms with Gasteiger partial charge in [-0.1, -0.05) is 12.1 Å². The summed E-state index contributed by atoms with van der Waals surface area (Å²) in [6.07, 6.45) is 3.23.